The third kappa shape index (κ3) is 6.79. The second-order valence-corrected chi connectivity index (χ2v) is 15.1. The number of amides is 1. The van der Waals surface area contributed by atoms with E-state index in [-0.39, 0.29) is 28.7 Å². The second-order valence-electron chi connectivity index (χ2n) is 10.4. The largest absolute Gasteiger partial charge is 0.493 e. The van der Waals surface area contributed by atoms with Gasteiger partial charge in [0.2, 0.25) is 0 Å². The summed E-state index contributed by atoms with van der Waals surface area (Å²) in [6.07, 6.45) is 3.82. The van der Waals surface area contributed by atoms with E-state index in [1.807, 2.05) is 28.8 Å². The van der Waals surface area contributed by atoms with Crippen LogP contribution in [0.15, 0.2) is 61.1 Å². The van der Waals surface area contributed by atoms with E-state index in [0.717, 1.165) is 16.9 Å². The average molecular weight is 498 g/mol. The molecule has 3 aromatic rings. The highest BCUT2D eigenvalue weighted by molar-refractivity contribution is 6.74. The van der Waals surface area contributed by atoms with Crippen LogP contribution >= 0.6 is 0 Å². The molecule has 2 atom stereocenters. The molecule has 2 aromatic carbocycles. The van der Waals surface area contributed by atoms with E-state index in [1.165, 1.54) is 12.1 Å². The summed E-state index contributed by atoms with van der Waals surface area (Å²) >= 11 is 0. The molecule has 6 nitrogen and oxygen atoms in total. The second kappa shape index (κ2) is 10.7. The van der Waals surface area contributed by atoms with Crippen LogP contribution < -0.4 is 10.5 Å². The number of carbonyl (C=O) groups is 1. The van der Waals surface area contributed by atoms with Crippen LogP contribution in [0.5, 0.6) is 5.75 Å². The van der Waals surface area contributed by atoms with Gasteiger partial charge in [0.15, 0.2) is 8.32 Å². The minimum Gasteiger partial charge on any atom is -0.493 e. The van der Waals surface area contributed by atoms with Crippen LogP contribution in [0.4, 0.5) is 4.39 Å². The highest BCUT2D eigenvalue weighted by atomic mass is 28.4. The molecule has 0 aliphatic rings. The fourth-order valence-electron chi connectivity index (χ4n) is 3.70. The smallest absolute Gasteiger partial charge is 0.268 e. The zero-order valence-electron chi connectivity index (χ0n) is 21.4. The molecule has 0 aliphatic heterocycles. The number of halogens is 1. The van der Waals surface area contributed by atoms with Crippen molar-refractivity contribution in [2.45, 2.75) is 64.4 Å². The molecule has 1 aromatic heterocycles. The van der Waals surface area contributed by atoms with E-state index in [1.54, 1.807) is 24.7 Å². The molecule has 0 saturated carbocycles. The minimum atomic E-state index is -2.02. The Morgan fingerprint density at radius 1 is 1.14 bits per heavy atom. The Hall–Kier alpha value is -2.97. The zero-order valence-corrected chi connectivity index (χ0v) is 22.4. The van der Waals surface area contributed by atoms with Gasteiger partial charge < -0.3 is 19.5 Å². The third-order valence-electron chi connectivity index (χ3n) is 6.76. The van der Waals surface area contributed by atoms with Gasteiger partial charge in [0.1, 0.15) is 17.3 Å². The maximum absolute atomic E-state index is 13.3. The van der Waals surface area contributed by atoms with E-state index >= 15 is 0 Å². The molecule has 0 aliphatic carbocycles. The van der Waals surface area contributed by atoms with E-state index in [2.05, 4.69) is 45.8 Å². The van der Waals surface area contributed by atoms with Crippen molar-refractivity contribution in [3.8, 4) is 16.9 Å². The van der Waals surface area contributed by atoms with Gasteiger partial charge >= 0.3 is 0 Å². The predicted molar refractivity (Wildman–Crippen MR) is 139 cm³/mol. The number of primary amides is 1. The van der Waals surface area contributed by atoms with E-state index in [0.29, 0.717) is 13.0 Å². The first-order chi connectivity index (χ1) is 16.4. The van der Waals surface area contributed by atoms with Crippen LogP contribution in [-0.2, 0) is 4.43 Å². The van der Waals surface area contributed by atoms with Gasteiger partial charge in [-0.15, -0.1) is 0 Å². The first-order valence-electron chi connectivity index (χ1n) is 11.9. The molecule has 0 saturated heterocycles. The first-order valence-corrected chi connectivity index (χ1v) is 14.8. The van der Waals surface area contributed by atoms with Gasteiger partial charge in [-0.2, -0.15) is 0 Å². The molecule has 0 fully saturated rings. The van der Waals surface area contributed by atoms with Crippen molar-refractivity contribution in [2.24, 2.45) is 5.73 Å². The van der Waals surface area contributed by atoms with Crippen LogP contribution in [0.25, 0.3) is 11.1 Å². The summed E-state index contributed by atoms with van der Waals surface area (Å²) in [5, 5.41) is 0.0659. The molecule has 0 unspecified atom stereocenters. The molecule has 0 bridgehead atoms. The van der Waals surface area contributed by atoms with Crippen LogP contribution in [0.1, 0.15) is 50.6 Å². The number of benzene rings is 2. The van der Waals surface area contributed by atoms with Crippen molar-refractivity contribution < 1.29 is 18.3 Å². The SMILES string of the molecule is C[C@H](O[Si](C)(C)C(C)(C)C)[C@@H](CCOc1cccc(-c2ccc(F)cc2)c1)n1cnc(C(N)=O)c1. The van der Waals surface area contributed by atoms with Crippen molar-refractivity contribution in [1.82, 2.24) is 9.55 Å². The van der Waals surface area contributed by atoms with Gasteiger partial charge in [0.05, 0.1) is 25.1 Å². The number of hydrogen-bond acceptors (Lipinski definition) is 4. The van der Waals surface area contributed by atoms with E-state index < -0.39 is 14.2 Å². The molecular weight excluding hydrogens is 461 g/mol. The maximum Gasteiger partial charge on any atom is 0.268 e. The summed E-state index contributed by atoms with van der Waals surface area (Å²) < 4.78 is 27.9. The topological polar surface area (TPSA) is 79.4 Å². The van der Waals surface area contributed by atoms with Gasteiger partial charge in [0.25, 0.3) is 5.91 Å². The Labute approximate surface area is 208 Å². The normalized spacial score (nSPS) is 13.9. The van der Waals surface area contributed by atoms with Gasteiger partial charge in [-0.3, -0.25) is 4.79 Å². The number of hydrogen-bond donors (Lipinski definition) is 1. The molecule has 0 spiro atoms. The lowest BCUT2D eigenvalue weighted by atomic mass is 10.1. The van der Waals surface area contributed by atoms with Gasteiger partial charge in [0, 0.05) is 12.6 Å². The lowest BCUT2D eigenvalue weighted by molar-refractivity contribution is 0.0994. The summed E-state index contributed by atoms with van der Waals surface area (Å²) in [6.45, 7) is 13.6. The molecule has 188 valence electrons. The minimum absolute atomic E-state index is 0.0659. The Morgan fingerprint density at radius 3 is 2.43 bits per heavy atom. The van der Waals surface area contributed by atoms with Gasteiger partial charge in [-0.1, -0.05) is 45.0 Å². The zero-order chi connectivity index (χ0) is 25.8. The van der Waals surface area contributed by atoms with Crippen LogP contribution in [0, 0.1) is 5.82 Å². The Morgan fingerprint density at radius 2 is 1.83 bits per heavy atom. The molecule has 8 heteroatoms. The molecular formula is C27H36FN3O3Si. The number of nitrogens with two attached hydrogens (primary N) is 1. The fourth-order valence-corrected chi connectivity index (χ4v) is 5.14. The lowest BCUT2D eigenvalue weighted by Gasteiger charge is -2.40. The molecule has 1 heterocycles. The maximum atomic E-state index is 13.3. The number of aromatic nitrogens is 2. The average Bonchev–Trinajstić information content (AvgIpc) is 3.26. The Bertz CT molecular complexity index is 1140. The van der Waals surface area contributed by atoms with Gasteiger partial charge in [-0.25, -0.2) is 9.37 Å². The standard InChI is InChI=1S/C27H36FN3O3Si/c1-19(34-35(5,6)27(2,3)4)25(31-17-24(26(29)32)30-18-31)14-15-33-23-9-7-8-21(16-23)20-10-12-22(28)13-11-20/h7-13,16-19,25H,14-15H2,1-6H3,(H2,29,32)/t19-,25+/m0/s1. The fraction of sp³-hybridized carbons (Fsp3) is 0.407. The molecule has 0 radical (unpaired) electrons. The number of rotatable bonds is 10. The first kappa shape index (κ1) is 26.6. The molecule has 1 amide bonds. The lowest BCUT2D eigenvalue weighted by Crippen LogP contribution is -2.45. The highest BCUT2D eigenvalue weighted by Crippen LogP contribution is 2.39. The summed E-state index contributed by atoms with van der Waals surface area (Å²) in [5.41, 5.74) is 7.52. The number of carbonyl (C=O) groups excluding carboxylic acids is 1. The van der Waals surface area contributed by atoms with Gasteiger partial charge in [-0.05, 0) is 60.4 Å². The Balaban J connectivity index is 1.75. The van der Waals surface area contributed by atoms with Crippen molar-refractivity contribution >= 4 is 14.2 Å². The molecule has 3 rings (SSSR count). The monoisotopic (exact) mass is 497 g/mol. The third-order valence-corrected chi connectivity index (χ3v) is 11.3. The quantitative estimate of drug-likeness (QED) is 0.338. The predicted octanol–water partition coefficient (Wildman–Crippen LogP) is 6.21. The van der Waals surface area contributed by atoms with Crippen LogP contribution in [0.3, 0.4) is 0 Å². The summed E-state index contributed by atoms with van der Waals surface area (Å²) in [6, 6.07) is 14.0. The number of imidazole rings is 1. The summed E-state index contributed by atoms with van der Waals surface area (Å²) in [5.74, 6) is -0.0958. The number of nitrogens with zero attached hydrogens (tertiary/aromatic N) is 2. The van der Waals surface area contributed by atoms with Crippen molar-refractivity contribution in [2.75, 3.05) is 6.61 Å². The summed E-state index contributed by atoms with van der Waals surface area (Å²) in [7, 11) is -2.02. The van der Waals surface area contributed by atoms with Crippen molar-refractivity contribution in [1.29, 1.82) is 0 Å². The number of ether oxygens (including phenoxy) is 1. The Kier molecular flexibility index (Phi) is 8.17. The van der Waals surface area contributed by atoms with Crippen LogP contribution in [-0.4, -0.2) is 36.5 Å². The van der Waals surface area contributed by atoms with E-state index in [9.17, 15) is 9.18 Å². The summed E-state index contributed by atoms with van der Waals surface area (Å²) in [4.78, 5) is 15.8. The van der Waals surface area contributed by atoms with E-state index in [4.69, 9.17) is 14.9 Å². The van der Waals surface area contributed by atoms with Crippen LogP contribution in [0.2, 0.25) is 18.1 Å². The molecule has 35 heavy (non-hydrogen) atoms. The molecule has 2 N–H and O–H groups in total. The highest BCUT2D eigenvalue weighted by Gasteiger charge is 2.40. The van der Waals surface area contributed by atoms with Crippen molar-refractivity contribution in [3.63, 3.8) is 0 Å². The van der Waals surface area contributed by atoms with Crippen molar-refractivity contribution in [3.05, 3.63) is 72.6 Å².